The highest BCUT2D eigenvalue weighted by molar-refractivity contribution is 7.98. The highest BCUT2D eigenvalue weighted by atomic mass is 32.2. The summed E-state index contributed by atoms with van der Waals surface area (Å²) in [6.45, 7) is 2.04. The first-order chi connectivity index (χ1) is 18.1. The van der Waals surface area contributed by atoms with Gasteiger partial charge in [-0.2, -0.15) is 18.2 Å². The number of methoxy groups -OCH3 is 1. The number of thioether (sulfide) groups is 1. The molecule has 38 heavy (non-hydrogen) atoms. The van der Waals surface area contributed by atoms with Gasteiger partial charge in [-0.05, 0) is 67.5 Å². The average Bonchev–Trinajstić information content (AvgIpc) is 2.90. The second-order valence-corrected chi connectivity index (χ2v) is 9.08. The lowest BCUT2D eigenvalue weighted by Crippen LogP contribution is -2.07. The Labute approximate surface area is 221 Å². The van der Waals surface area contributed by atoms with Gasteiger partial charge in [0.1, 0.15) is 24.0 Å². The van der Waals surface area contributed by atoms with Crippen molar-refractivity contribution in [2.75, 3.05) is 13.4 Å². The van der Waals surface area contributed by atoms with Crippen LogP contribution in [-0.2, 0) is 25.6 Å². The van der Waals surface area contributed by atoms with E-state index in [2.05, 4.69) is 19.9 Å². The Kier molecular flexibility index (Phi) is 8.45. The molecule has 198 valence electrons. The first-order valence-corrected chi connectivity index (χ1v) is 12.8. The smallest absolute Gasteiger partial charge is 0.416 e. The molecule has 0 unspecified atom stereocenters. The summed E-state index contributed by atoms with van der Waals surface area (Å²) in [5, 5.41) is 0.488. The van der Waals surface area contributed by atoms with Gasteiger partial charge in [-0.15, -0.1) is 0 Å². The molecular formula is C27H24F4N4O2S. The molecule has 4 aromatic rings. The molecule has 11 heteroatoms. The minimum absolute atomic E-state index is 0.174. The van der Waals surface area contributed by atoms with E-state index >= 15 is 0 Å². The van der Waals surface area contributed by atoms with Crippen molar-refractivity contribution < 1.29 is 27.0 Å². The molecule has 0 saturated carbocycles. The van der Waals surface area contributed by atoms with E-state index in [4.69, 9.17) is 9.47 Å². The van der Waals surface area contributed by atoms with Crippen molar-refractivity contribution in [2.45, 2.75) is 37.7 Å². The van der Waals surface area contributed by atoms with Gasteiger partial charge in [0.2, 0.25) is 5.88 Å². The van der Waals surface area contributed by atoms with E-state index in [1.54, 1.807) is 26.2 Å². The van der Waals surface area contributed by atoms with Gasteiger partial charge in [-0.3, -0.25) is 0 Å². The molecule has 0 radical (unpaired) electrons. The van der Waals surface area contributed by atoms with E-state index in [0.29, 0.717) is 53.0 Å². The van der Waals surface area contributed by atoms with Crippen molar-refractivity contribution in [2.24, 2.45) is 0 Å². The van der Waals surface area contributed by atoms with Gasteiger partial charge in [-0.25, -0.2) is 19.3 Å². The second kappa shape index (κ2) is 11.8. The van der Waals surface area contributed by atoms with Crippen LogP contribution in [0.15, 0.2) is 59.8 Å². The number of nitrogens with zero attached hydrogens (tertiary/aromatic N) is 4. The number of halogens is 4. The van der Waals surface area contributed by atoms with Crippen molar-refractivity contribution in [1.29, 1.82) is 0 Å². The summed E-state index contributed by atoms with van der Waals surface area (Å²) in [7, 11) is 1.60. The number of aromatic nitrogens is 4. The molecule has 2 aromatic heterocycles. The first-order valence-electron chi connectivity index (χ1n) is 11.5. The molecule has 0 aliphatic carbocycles. The van der Waals surface area contributed by atoms with Gasteiger partial charge in [0, 0.05) is 11.8 Å². The van der Waals surface area contributed by atoms with Gasteiger partial charge in [-0.1, -0.05) is 30.0 Å². The van der Waals surface area contributed by atoms with Crippen molar-refractivity contribution in [1.82, 2.24) is 19.9 Å². The maximum Gasteiger partial charge on any atom is 0.416 e. The minimum Gasteiger partial charge on any atom is -0.497 e. The summed E-state index contributed by atoms with van der Waals surface area (Å²) in [6, 6.07) is 13.5. The van der Waals surface area contributed by atoms with Crippen LogP contribution in [0.5, 0.6) is 11.6 Å². The number of hydrogen-bond donors (Lipinski definition) is 0. The summed E-state index contributed by atoms with van der Waals surface area (Å²) in [5.74, 6) is 0.717. The summed E-state index contributed by atoms with van der Waals surface area (Å²) in [6.07, 6.45) is -2.29. The van der Waals surface area contributed by atoms with Crippen LogP contribution in [0.4, 0.5) is 17.6 Å². The third kappa shape index (κ3) is 6.97. The Morgan fingerprint density at radius 3 is 2.26 bits per heavy atom. The summed E-state index contributed by atoms with van der Waals surface area (Å²) >= 11 is 1.33. The molecule has 0 aliphatic heterocycles. The minimum atomic E-state index is -4.60. The van der Waals surface area contributed by atoms with Gasteiger partial charge >= 0.3 is 6.18 Å². The molecular weight excluding hydrogens is 520 g/mol. The van der Waals surface area contributed by atoms with Crippen LogP contribution in [0.2, 0.25) is 0 Å². The van der Waals surface area contributed by atoms with Crippen molar-refractivity contribution in [3.05, 3.63) is 88.6 Å². The molecule has 0 N–H and O–H groups in total. The standard InChI is InChI=1S/C27H24F4N4O2S/c1-16-32-24(14-25(33-16)37-15-17-4-10-21(36-2)11-5-17)23-13-20(34-26(35-23)38-3)9-7-18-6-8-19(12-22(18)28)27(29,30)31/h4-6,8,10-14H,7,9,15H2,1-3H3. The Morgan fingerprint density at radius 2 is 1.61 bits per heavy atom. The zero-order valence-corrected chi connectivity index (χ0v) is 21.7. The van der Waals surface area contributed by atoms with Crippen molar-refractivity contribution in [3.63, 3.8) is 0 Å². The highest BCUT2D eigenvalue weighted by Crippen LogP contribution is 2.30. The highest BCUT2D eigenvalue weighted by Gasteiger charge is 2.31. The molecule has 0 saturated heterocycles. The number of aryl methyl sites for hydroxylation is 3. The lowest BCUT2D eigenvalue weighted by atomic mass is 10.0. The quantitative estimate of drug-likeness (QED) is 0.135. The van der Waals surface area contributed by atoms with Gasteiger partial charge in [0.15, 0.2) is 5.16 Å². The van der Waals surface area contributed by atoms with Gasteiger partial charge < -0.3 is 9.47 Å². The lowest BCUT2D eigenvalue weighted by Gasteiger charge is -2.11. The normalized spacial score (nSPS) is 11.4. The molecule has 6 nitrogen and oxygen atoms in total. The number of ether oxygens (including phenoxy) is 2. The van der Waals surface area contributed by atoms with E-state index in [0.717, 1.165) is 23.4 Å². The van der Waals surface area contributed by atoms with Crippen molar-refractivity contribution in [3.8, 4) is 23.0 Å². The van der Waals surface area contributed by atoms with E-state index in [-0.39, 0.29) is 12.0 Å². The molecule has 0 spiro atoms. The zero-order chi connectivity index (χ0) is 27.3. The van der Waals surface area contributed by atoms with Crippen molar-refractivity contribution >= 4 is 11.8 Å². The SMILES string of the molecule is COc1ccc(COc2cc(-c3cc(CCc4ccc(C(F)(F)F)cc4F)nc(SC)n3)nc(C)n2)cc1. The second-order valence-electron chi connectivity index (χ2n) is 8.31. The molecule has 4 rings (SSSR count). The maximum absolute atomic E-state index is 14.3. The average molecular weight is 545 g/mol. The van der Waals surface area contributed by atoms with E-state index in [1.165, 1.54) is 11.8 Å². The molecule has 0 fully saturated rings. The molecule has 2 heterocycles. The predicted octanol–water partition coefficient (Wildman–Crippen LogP) is 6.49. The lowest BCUT2D eigenvalue weighted by molar-refractivity contribution is -0.137. The molecule has 0 amide bonds. The fourth-order valence-corrected chi connectivity index (χ4v) is 4.04. The van der Waals surface area contributed by atoms with Crippen LogP contribution in [0, 0.1) is 12.7 Å². The third-order valence-corrected chi connectivity index (χ3v) is 6.14. The van der Waals surface area contributed by atoms with Crippen LogP contribution in [-0.4, -0.2) is 33.3 Å². The van der Waals surface area contributed by atoms with Crippen LogP contribution < -0.4 is 9.47 Å². The predicted molar refractivity (Wildman–Crippen MR) is 136 cm³/mol. The summed E-state index contributed by atoms with van der Waals surface area (Å²) < 4.78 is 63.9. The van der Waals surface area contributed by atoms with Gasteiger partial charge in [0.25, 0.3) is 0 Å². The Balaban J connectivity index is 1.53. The van der Waals surface area contributed by atoms with Crippen LogP contribution in [0.1, 0.15) is 28.2 Å². The molecule has 0 atom stereocenters. The fourth-order valence-electron chi connectivity index (χ4n) is 3.64. The summed E-state index contributed by atoms with van der Waals surface area (Å²) in [4.78, 5) is 17.9. The monoisotopic (exact) mass is 544 g/mol. The van der Waals surface area contributed by atoms with Crippen LogP contribution in [0.3, 0.4) is 0 Å². The third-order valence-electron chi connectivity index (χ3n) is 5.59. The number of rotatable bonds is 9. The largest absolute Gasteiger partial charge is 0.497 e. The number of alkyl halides is 3. The van der Waals surface area contributed by atoms with E-state index in [9.17, 15) is 17.6 Å². The maximum atomic E-state index is 14.3. The summed E-state index contributed by atoms with van der Waals surface area (Å²) in [5.41, 5.74) is 1.77. The Morgan fingerprint density at radius 1 is 0.868 bits per heavy atom. The Bertz CT molecular complexity index is 1420. The van der Waals surface area contributed by atoms with Crippen LogP contribution in [0.25, 0.3) is 11.4 Å². The zero-order valence-electron chi connectivity index (χ0n) is 20.8. The molecule has 0 bridgehead atoms. The van der Waals surface area contributed by atoms with Crippen LogP contribution >= 0.6 is 11.8 Å². The molecule has 2 aromatic carbocycles. The van der Waals surface area contributed by atoms with Gasteiger partial charge in [0.05, 0.1) is 24.1 Å². The number of benzene rings is 2. The van der Waals surface area contributed by atoms with E-state index in [1.807, 2.05) is 30.5 Å². The van der Waals surface area contributed by atoms with E-state index < -0.39 is 17.6 Å². The molecule has 0 aliphatic rings. The first kappa shape index (κ1) is 27.3. The number of hydrogen-bond acceptors (Lipinski definition) is 7. The Hall–Kier alpha value is -3.73. The fraction of sp³-hybridized carbons (Fsp3) is 0.259. The topological polar surface area (TPSA) is 70.0 Å².